The maximum Gasteiger partial charge on any atom is 0.0647 e. The number of hydrogen-bond donors (Lipinski definition) is 3. The van der Waals surface area contributed by atoms with Crippen molar-refractivity contribution in [2.75, 3.05) is 59.0 Å². The Bertz CT molecular complexity index is 2520. The zero-order chi connectivity index (χ0) is 95.2. The average Bonchev–Trinajstić information content (AvgIpc) is 0.858. The molecule has 126 heavy (non-hydrogen) atoms. The quantitative estimate of drug-likeness (QED) is 0.239. The molecule has 6 aliphatic carbocycles. The van der Waals surface area contributed by atoms with Gasteiger partial charge in [-0.25, -0.2) is 0 Å². The fraction of sp³-hybridized carbons (Fsp3) is 0.966. The van der Waals surface area contributed by atoms with Gasteiger partial charge in [0.2, 0.25) is 0 Å². The van der Waals surface area contributed by atoms with Crippen molar-refractivity contribution in [2.24, 2.45) is 89.7 Å². The molecule has 3 N–H and O–H groups in total. The summed E-state index contributed by atoms with van der Waals surface area (Å²) in [5.41, 5.74) is 6.47. The van der Waals surface area contributed by atoms with Gasteiger partial charge in [-0.3, -0.25) is 4.90 Å². The number of fused-ring (bicyclic) bond motifs is 11. The Morgan fingerprint density at radius 3 is 1.37 bits per heavy atom. The van der Waals surface area contributed by atoms with Crippen LogP contribution in [0.25, 0.3) is 0 Å². The highest BCUT2D eigenvalue weighted by Crippen LogP contribution is 2.62. The van der Waals surface area contributed by atoms with Crippen molar-refractivity contribution in [1.82, 2.24) is 25.8 Å². The zero-order valence-electron chi connectivity index (χ0n) is 92.6. The molecular weight excluding hydrogens is 1560 g/mol. The summed E-state index contributed by atoms with van der Waals surface area (Å²) in [5, 5.41) is 12.6. The highest BCUT2D eigenvalue weighted by atomic mass is 32.2. The van der Waals surface area contributed by atoms with Crippen LogP contribution in [-0.4, -0.2) is 133 Å². The second-order valence-electron chi connectivity index (χ2n) is 57.6. The van der Waals surface area contributed by atoms with E-state index in [4.69, 9.17) is 14.2 Å². The van der Waals surface area contributed by atoms with Gasteiger partial charge in [0.05, 0.1) is 31.0 Å². The Morgan fingerprint density at radius 1 is 0.437 bits per heavy atom. The van der Waals surface area contributed by atoms with E-state index in [0.29, 0.717) is 84.2 Å². The van der Waals surface area contributed by atoms with Crippen molar-refractivity contribution in [2.45, 2.75) is 577 Å². The largest absolute Gasteiger partial charge is 0.377 e. The highest BCUT2D eigenvalue weighted by Gasteiger charge is 2.55. The highest BCUT2D eigenvalue weighted by molar-refractivity contribution is 8.00. The SMILES string of the molecule is C1=CC2CNCC(C1)C2.C1=CCOCCCC1.C1CC2CCC(C1)O2.C1CC2CNC2C1.C1CCC2(C1)CCCN2.C1CCC2CC(C1)O2.C1CCC2CCCN2CC1.CC(C)(C)C.CC(C)(C)C.CC(C)(C)C.CC(C)(C)C.CC(C)(C)C.CC(C)(C)C.CC(C)(C)C.CC(C)(C)CCC12CC3CC(C1)SC(C3)C2.CC1C(CCC(C)(C)C)CC2CN1C2(C)C. The van der Waals surface area contributed by atoms with E-state index >= 15 is 0 Å². The van der Waals surface area contributed by atoms with Gasteiger partial charge in [-0.2, -0.15) is 11.8 Å². The van der Waals surface area contributed by atoms with Crippen molar-refractivity contribution in [3.8, 4) is 0 Å². The average molecular weight is 1790 g/mol. The Balaban J connectivity index is 0.000000353. The molecule has 14 saturated heterocycles. The molecule has 0 amide bonds. The van der Waals surface area contributed by atoms with Gasteiger partial charge in [-0.1, -0.05) is 305 Å². The maximum atomic E-state index is 5.60. The predicted octanol–water partition coefficient (Wildman–Crippen LogP) is 34.0. The number of allylic oxidation sites excluding steroid dienone is 2. The lowest BCUT2D eigenvalue weighted by atomic mass is 9.58. The minimum atomic E-state index is 0.498. The molecule has 15 unspecified atom stereocenters. The molecule has 8 nitrogen and oxygen atoms in total. The number of ether oxygens (including phenoxy) is 3. The van der Waals surface area contributed by atoms with E-state index in [1.807, 2.05) is 0 Å². The summed E-state index contributed by atoms with van der Waals surface area (Å²) in [5.74, 6) is 5.92. The van der Waals surface area contributed by atoms with Gasteiger partial charge in [-0.05, 0) is 355 Å². The van der Waals surface area contributed by atoms with Crippen LogP contribution in [0.3, 0.4) is 0 Å². The van der Waals surface area contributed by atoms with Crippen LogP contribution in [0, 0.1) is 89.7 Å². The molecular formula is C117H231N5O3S. The fourth-order valence-electron chi connectivity index (χ4n) is 20.6. The normalized spacial score (nSPS) is 32.3. The van der Waals surface area contributed by atoms with E-state index in [0.717, 1.165) is 82.8 Å². The number of thioether (sulfide) groups is 1. The number of hydrogen-bond acceptors (Lipinski definition) is 9. The summed E-state index contributed by atoms with van der Waals surface area (Å²) in [7, 11) is 0. The van der Waals surface area contributed by atoms with E-state index in [1.54, 1.807) is 32.1 Å². The molecule has 0 aromatic rings. The van der Waals surface area contributed by atoms with Crippen molar-refractivity contribution in [1.29, 1.82) is 0 Å². The van der Waals surface area contributed by atoms with Gasteiger partial charge in [0.25, 0.3) is 0 Å². The Labute approximate surface area is 796 Å². The first-order valence-electron chi connectivity index (χ1n) is 54.4. The summed E-state index contributed by atoms with van der Waals surface area (Å²) in [4.78, 5) is 5.43. The van der Waals surface area contributed by atoms with Gasteiger partial charge in [-0.15, -0.1) is 0 Å². The van der Waals surface area contributed by atoms with Crippen LogP contribution in [0.5, 0.6) is 0 Å². The third-order valence-corrected chi connectivity index (χ3v) is 28.0. The minimum absolute atomic E-state index is 0.498. The molecule has 1 spiro atoms. The Morgan fingerprint density at radius 2 is 0.929 bits per heavy atom. The van der Waals surface area contributed by atoms with Crippen LogP contribution in [0.1, 0.15) is 513 Å². The first-order valence-corrected chi connectivity index (χ1v) is 55.4. The van der Waals surface area contributed by atoms with Gasteiger partial charge >= 0.3 is 0 Å². The minimum Gasteiger partial charge on any atom is -0.377 e. The van der Waals surface area contributed by atoms with Crippen LogP contribution in [0.2, 0.25) is 0 Å². The van der Waals surface area contributed by atoms with Gasteiger partial charge in [0.1, 0.15) is 0 Å². The Hall–Kier alpha value is -0.490. The molecule has 15 aliphatic heterocycles. The van der Waals surface area contributed by atoms with E-state index < -0.39 is 0 Å². The number of nitrogens with zero attached hydrogens (tertiary/aromatic N) is 2. The second kappa shape index (κ2) is 57.0. The van der Waals surface area contributed by atoms with Crippen molar-refractivity contribution in [3.63, 3.8) is 0 Å². The smallest absolute Gasteiger partial charge is 0.0647 e. The van der Waals surface area contributed by atoms with Gasteiger partial charge in [0.15, 0.2) is 0 Å². The molecule has 21 aliphatic rings. The first-order chi connectivity index (χ1) is 57.9. The van der Waals surface area contributed by atoms with Gasteiger partial charge in [0, 0.05) is 59.4 Å². The molecule has 19 fully saturated rings. The number of nitrogens with one attached hydrogen (secondary N) is 3. The molecule has 0 aromatic heterocycles. The predicted molar refractivity (Wildman–Crippen MR) is 565 cm³/mol. The molecule has 12 bridgehead atoms. The summed E-state index contributed by atoms with van der Waals surface area (Å²) < 4.78 is 16.3. The molecule has 9 heteroatoms. The molecule has 21 rings (SSSR count). The molecule has 0 aromatic carbocycles. The van der Waals surface area contributed by atoms with Crippen LogP contribution >= 0.6 is 11.8 Å². The standard InChI is InChI=1S/C15H29N.C15H26S.C9H17N.C8H15N.C8H13N.3C7H12O.C6H11N.7C5H12/c1-11-12(7-8-14(2,3)4)9-13-10-16(11)15(13,5)6;1-14(2,3)4-5-15-8-11-6-12(9-15)16-13(7-11)10-15;1-2-5-9-6-4-8-10(9)7-3-1;1-2-5-8(4-1)6-3-7-9-8;1-2-7-4-8(3-1)6-9-5-7;1-2-6-4-5-7(3-1)8-6;1-2-4-7-5-6(3-1)8-7;1-2-4-6-8-7-5-3-1;1-2-5-4-7-6(5)3-1;7*1-5(2,3)4/h11-13H,7-10H2,1-6H3;11-13H,4-10H2,1-3H3;9H,1-8H2;9H,1-7H2;1-2,7-9H,3-6H2;2*6-7H,1-5H2;2,4H,1,3,5-7H2;5-7H,1-4H2;7*1-4H3. The lowest BCUT2D eigenvalue weighted by molar-refractivity contribution is -0.152. The summed E-state index contributed by atoms with van der Waals surface area (Å²) in [6.07, 6.45) is 68.7. The summed E-state index contributed by atoms with van der Waals surface area (Å²) in [6, 6.07) is 2.74. The molecule has 5 saturated carbocycles. The third kappa shape index (κ3) is 62.3. The van der Waals surface area contributed by atoms with Crippen LogP contribution in [-0.2, 0) is 14.2 Å². The lowest BCUT2D eigenvalue weighted by Gasteiger charge is -2.65. The molecule has 15 heterocycles. The van der Waals surface area contributed by atoms with Crippen LogP contribution in [0.15, 0.2) is 24.3 Å². The van der Waals surface area contributed by atoms with Crippen LogP contribution in [0.4, 0.5) is 0 Å². The van der Waals surface area contributed by atoms with E-state index in [-0.39, 0.29) is 0 Å². The topological polar surface area (TPSA) is 70.3 Å². The summed E-state index contributed by atoms with van der Waals surface area (Å²) >= 11 is 2.34. The first kappa shape index (κ1) is 120. The van der Waals surface area contributed by atoms with Gasteiger partial charge < -0.3 is 35.1 Å². The third-order valence-electron chi connectivity index (χ3n) is 26.5. The van der Waals surface area contributed by atoms with Crippen molar-refractivity contribution in [3.05, 3.63) is 24.3 Å². The maximum absolute atomic E-state index is 5.60. The second-order valence-corrected chi connectivity index (χ2v) is 59.3. The summed E-state index contributed by atoms with van der Waals surface area (Å²) in [6.45, 7) is 93.8. The van der Waals surface area contributed by atoms with E-state index in [9.17, 15) is 0 Å². The van der Waals surface area contributed by atoms with E-state index in [1.165, 1.54) is 271 Å². The lowest BCUT2D eigenvalue weighted by Crippen LogP contribution is -2.71. The molecule has 0 radical (unpaired) electrons. The van der Waals surface area contributed by atoms with E-state index in [2.05, 4.69) is 318 Å². The van der Waals surface area contributed by atoms with Crippen molar-refractivity contribution < 1.29 is 14.2 Å². The zero-order valence-corrected chi connectivity index (χ0v) is 93.5. The van der Waals surface area contributed by atoms with Crippen LogP contribution < -0.4 is 16.0 Å². The number of rotatable bonds is 4. The molecule has 748 valence electrons. The fourth-order valence-corrected chi connectivity index (χ4v) is 22.8. The van der Waals surface area contributed by atoms with Crippen molar-refractivity contribution >= 4 is 11.8 Å². The number of piperidine rings is 3. The monoisotopic (exact) mass is 1790 g/mol. The Kier molecular flexibility index (Phi) is 54.2. The molecule has 15 atom stereocenters.